The monoisotopic (exact) mass is 205 g/mol. The number of hydrogen-bond acceptors (Lipinski definition) is 3. The molecule has 0 spiro atoms. The number of nitrogens with two attached hydrogens (primary N) is 1. The summed E-state index contributed by atoms with van der Waals surface area (Å²) in [5, 5.41) is 2.48. The van der Waals surface area contributed by atoms with Crippen LogP contribution in [-0.2, 0) is 16.0 Å². The van der Waals surface area contributed by atoms with E-state index in [-0.39, 0.29) is 12.5 Å². The molecule has 79 valence electrons. The molecule has 1 atom stereocenters. The van der Waals surface area contributed by atoms with Crippen LogP contribution in [0.5, 0.6) is 0 Å². The largest absolute Gasteiger partial charge is 0.344 e. The van der Waals surface area contributed by atoms with Crippen LogP contribution in [0.25, 0.3) is 0 Å². The van der Waals surface area contributed by atoms with Crippen LogP contribution in [-0.4, -0.2) is 24.8 Å². The standard InChI is InChI=1S/C11H13N2O2/c12-7-11(15)13-10(8-14)6-9-4-2-1-3-5-9/h1-5,10H,6-7,12H2,(H,13,15)/t10-/m0/s1. The predicted octanol–water partition coefficient (Wildman–Crippen LogP) is -0.218. The normalized spacial score (nSPS) is 11.8. The molecule has 1 amide bonds. The first kappa shape index (κ1) is 11.4. The van der Waals surface area contributed by atoms with Crippen molar-refractivity contribution in [2.45, 2.75) is 12.5 Å². The summed E-state index contributed by atoms with van der Waals surface area (Å²) in [7, 11) is 0. The first-order valence-corrected chi connectivity index (χ1v) is 4.67. The number of nitrogens with one attached hydrogen (secondary N) is 1. The summed E-state index contributed by atoms with van der Waals surface area (Å²) in [6.45, 7) is -0.118. The fourth-order valence-corrected chi connectivity index (χ4v) is 1.23. The first-order chi connectivity index (χ1) is 7.26. The van der Waals surface area contributed by atoms with Crippen molar-refractivity contribution >= 4 is 12.2 Å². The number of amides is 1. The lowest BCUT2D eigenvalue weighted by atomic mass is 10.1. The Balaban J connectivity index is 2.54. The van der Waals surface area contributed by atoms with Crippen LogP contribution >= 0.6 is 0 Å². The molecule has 1 aromatic rings. The van der Waals surface area contributed by atoms with Gasteiger partial charge in [-0.2, -0.15) is 0 Å². The molecule has 0 bridgehead atoms. The van der Waals surface area contributed by atoms with Gasteiger partial charge in [-0.3, -0.25) is 9.59 Å². The number of carbonyl (C=O) groups is 1. The van der Waals surface area contributed by atoms with Crippen LogP contribution in [0, 0.1) is 0 Å². The van der Waals surface area contributed by atoms with Crippen LogP contribution in [0.15, 0.2) is 30.3 Å². The molecule has 0 fully saturated rings. The molecule has 0 aromatic heterocycles. The van der Waals surface area contributed by atoms with Crippen LogP contribution in [0.4, 0.5) is 0 Å². The van der Waals surface area contributed by atoms with Gasteiger partial charge in [-0.05, 0) is 5.56 Å². The maximum absolute atomic E-state index is 11.0. The molecule has 4 heteroatoms. The lowest BCUT2D eigenvalue weighted by Crippen LogP contribution is -2.40. The van der Waals surface area contributed by atoms with Crippen LogP contribution in [0.1, 0.15) is 5.56 Å². The highest BCUT2D eigenvalue weighted by Gasteiger charge is 2.11. The van der Waals surface area contributed by atoms with Crippen molar-refractivity contribution in [3.8, 4) is 0 Å². The Kier molecular flexibility index (Phi) is 4.50. The Morgan fingerprint density at radius 2 is 2.07 bits per heavy atom. The Labute approximate surface area is 88.5 Å². The Morgan fingerprint density at radius 3 is 2.60 bits per heavy atom. The second-order valence-electron chi connectivity index (χ2n) is 3.13. The third-order valence-corrected chi connectivity index (χ3v) is 1.95. The predicted molar refractivity (Wildman–Crippen MR) is 56.8 cm³/mol. The molecule has 0 aliphatic carbocycles. The van der Waals surface area contributed by atoms with Gasteiger partial charge in [-0.1, -0.05) is 30.3 Å². The molecule has 0 aliphatic heterocycles. The van der Waals surface area contributed by atoms with Gasteiger partial charge in [0.1, 0.15) is 0 Å². The van der Waals surface area contributed by atoms with E-state index in [0.29, 0.717) is 6.42 Å². The fourth-order valence-electron chi connectivity index (χ4n) is 1.23. The van der Waals surface area contributed by atoms with E-state index in [1.807, 2.05) is 30.3 Å². The van der Waals surface area contributed by atoms with Crippen LogP contribution < -0.4 is 11.1 Å². The molecule has 0 heterocycles. The molecule has 0 saturated carbocycles. The Morgan fingerprint density at radius 1 is 1.40 bits per heavy atom. The van der Waals surface area contributed by atoms with Gasteiger partial charge in [0, 0.05) is 6.42 Å². The Hall–Kier alpha value is -1.68. The summed E-state index contributed by atoms with van der Waals surface area (Å²) >= 11 is 0. The van der Waals surface area contributed by atoms with Gasteiger partial charge < -0.3 is 11.1 Å². The zero-order valence-corrected chi connectivity index (χ0v) is 8.27. The summed E-state index contributed by atoms with van der Waals surface area (Å²) in [6, 6.07) is 8.80. The smallest absolute Gasteiger partial charge is 0.234 e. The van der Waals surface area contributed by atoms with Crippen molar-refractivity contribution in [1.82, 2.24) is 5.32 Å². The molecular weight excluding hydrogens is 192 g/mol. The maximum Gasteiger partial charge on any atom is 0.234 e. The number of rotatable bonds is 5. The summed E-state index contributed by atoms with van der Waals surface area (Å²) in [5.41, 5.74) is 6.10. The van der Waals surface area contributed by atoms with Gasteiger partial charge in [0.25, 0.3) is 0 Å². The molecule has 0 aliphatic rings. The summed E-state index contributed by atoms with van der Waals surface area (Å²) in [4.78, 5) is 21.5. The van der Waals surface area contributed by atoms with Gasteiger partial charge in [0.05, 0.1) is 12.6 Å². The fraction of sp³-hybridized carbons (Fsp3) is 0.273. The molecule has 1 radical (unpaired) electrons. The molecule has 1 aromatic carbocycles. The van der Waals surface area contributed by atoms with E-state index < -0.39 is 6.04 Å². The Bertz CT molecular complexity index is 325. The second kappa shape index (κ2) is 5.93. The van der Waals surface area contributed by atoms with Crippen molar-refractivity contribution in [3.63, 3.8) is 0 Å². The highest BCUT2D eigenvalue weighted by atomic mass is 16.2. The minimum Gasteiger partial charge on any atom is -0.344 e. The SMILES string of the molecule is NCC(=O)N[C@H]([C]=O)Cc1ccccc1. The van der Waals surface area contributed by atoms with Crippen molar-refractivity contribution in [1.29, 1.82) is 0 Å². The topological polar surface area (TPSA) is 72.2 Å². The quantitative estimate of drug-likeness (QED) is 0.698. The van der Waals surface area contributed by atoms with Gasteiger partial charge in [0.2, 0.25) is 12.2 Å². The van der Waals surface area contributed by atoms with Crippen molar-refractivity contribution in [3.05, 3.63) is 35.9 Å². The average molecular weight is 205 g/mol. The molecule has 0 unspecified atom stereocenters. The molecular formula is C11H13N2O2. The molecule has 0 saturated heterocycles. The third kappa shape index (κ3) is 3.91. The van der Waals surface area contributed by atoms with Crippen molar-refractivity contribution in [2.75, 3.05) is 6.54 Å². The highest BCUT2D eigenvalue weighted by Crippen LogP contribution is 2.01. The maximum atomic E-state index is 11.0. The lowest BCUT2D eigenvalue weighted by Gasteiger charge is -2.10. The number of carbonyl (C=O) groups excluding carboxylic acids is 2. The van der Waals surface area contributed by atoms with E-state index in [1.165, 1.54) is 0 Å². The summed E-state index contributed by atoms with van der Waals surface area (Å²) < 4.78 is 0. The average Bonchev–Trinajstić information content (AvgIpc) is 2.29. The van der Waals surface area contributed by atoms with Gasteiger partial charge in [0.15, 0.2) is 0 Å². The number of benzene rings is 1. The zero-order chi connectivity index (χ0) is 11.1. The minimum atomic E-state index is -0.622. The number of hydrogen-bond donors (Lipinski definition) is 2. The minimum absolute atomic E-state index is 0.118. The molecule has 1 rings (SSSR count). The van der Waals surface area contributed by atoms with E-state index in [2.05, 4.69) is 5.32 Å². The van der Waals surface area contributed by atoms with E-state index >= 15 is 0 Å². The third-order valence-electron chi connectivity index (χ3n) is 1.95. The zero-order valence-electron chi connectivity index (χ0n) is 8.27. The second-order valence-corrected chi connectivity index (χ2v) is 3.13. The lowest BCUT2D eigenvalue weighted by molar-refractivity contribution is -0.120. The molecule has 4 nitrogen and oxygen atoms in total. The van der Waals surface area contributed by atoms with E-state index in [4.69, 9.17) is 5.73 Å². The van der Waals surface area contributed by atoms with E-state index in [9.17, 15) is 9.59 Å². The highest BCUT2D eigenvalue weighted by molar-refractivity contribution is 5.81. The van der Waals surface area contributed by atoms with Crippen molar-refractivity contribution in [2.24, 2.45) is 5.73 Å². The molecule has 15 heavy (non-hydrogen) atoms. The van der Waals surface area contributed by atoms with Gasteiger partial charge in [-0.15, -0.1) is 0 Å². The van der Waals surface area contributed by atoms with Crippen molar-refractivity contribution < 1.29 is 9.59 Å². The van der Waals surface area contributed by atoms with Crippen LogP contribution in [0.3, 0.4) is 0 Å². The summed E-state index contributed by atoms with van der Waals surface area (Å²) in [6.07, 6.45) is 2.22. The summed E-state index contributed by atoms with van der Waals surface area (Å²) in [5.74, 6) is -0.348. The van der Waals surface area contributed by atoms with Gasteiger partial charge >= 0.3 is 0 Å². The van der Waals surface area contributed by atoms with E-state index in [1.54, 1.807) is 6.29 Å². The van der Waals surface area contributed by atoms with E-state index in [0.717, 1.165) is 5.56 Å². The van der Waals surface area contributed by atoms with Crippen LogP contribution in [0.2, 0.25) is 0 Å². The first-order valence-electron chi connectivity index (χ1n) is 4.67. The molecule has 3 N–H and O–H groups in total. The van der Waals surface area contributed by atoms with Gasteiger partial charge in [-0.25, -0.2) is 0 Å².